The topological polar surface area (TPSA) is 55.4 Å². The van der Waals surface area contributed by atoms with Gasteiger partial charge in [-0.25, -0.2) is 4.79 Å². The smallest absolute Gasteiger partial charge is 0.408 e. The molecule has 24 heavy (non-hydrogen) atoms. The molecule has 4 nitrogen and oxygen atoms in total. The van der Waals surface area contributed by atoms with Crippen molar-refractivity contribution in [1.29, 1.82) is 0 Å². The van der Waals surface area contributed by atoms with Crippen LogP contribution < -0.4 is 5.32 Å². The minimum Gasteiger partial charge on any atom is -0.444 e. The zero-order chi connectivity index (χ0) is 17.6. The molecule has 0 saturated heterocycles. The predicted octanol–water partition coefficient (Wildman–Crippen LogP) is 4.06. The summed E-state index contributed by atoms with van der Waals surface area (Å²) in [6, 6.07) is 17.9. The van der Waals surface area contributed by atoms with Crippen molar-refractivity contribution in [1.82, 2.24) is 5.32 Å². The molecule has 0 saturated carbocycles. The third kappa shape index (κ3) is 5.54. The molecule has 1 atom stereocenters. The van der Waals surface area contributed by atoms with E-state index >= 15 is 0 Å². The molecule has 4 heteroatoms. The average Bonchev–Trinajstić information content (AvgIpc) is 2.52. The van der Waals surface area contributed by atoms with Gasteiger partial charge in [0.15, 0.2) is 5.78 Å². The van der Waals surface area contributed by atoms with Crippen LogP contribution in [0, 0.1) is 0 Å². The van der Waals surface area contributed by atoms with Crippen molar-refractivity contribution in [2.24, 2.45) is 0 Å². The maximum atomic E-state index is 12.7. The number of hydrogen-bond acceptors (Lipinski definition) is 3. The third-order valence-corrected chi connectivity index (χ3v) is 3.34. The SMILES string of the molecule is CC(C)(C)OC(=O)N[C@@H](C(=O)Cc1ccccc1)c1ccccc1. The first-order valence-corrected chi connectivity index (χ1v) is 7.96. The Morgan fingerprint density at radius 1 is 0.958 bits per heavy atom. The second kappa shape index (κ2) is 7.77. The molecular weight excluding hydrogens is 302 g/mol. The lowest BCUT2D eigenvalue weighted by atomic mass is 9.98. The summed E-state index contributed by atoms with van der Waals surface area (Å²) in [4.78, 5) is 24.9. The van der Waals surface area contributed by atoms with Crippen LogP contribution in [0.2, 0.25) is 0 Å². The first kappa shape index (κ1) is 17.7. The number of Topliss-reactive ketones (excluding diaryl/α,β-unsaturated/α-hetero) is 1. The van der Waals surface area contributed by atoms with Crippen LogP contribution >= 0.6 is 0 Å². The summed E-state index contributed by atoms with van der Waals surface area (Å²) in [5.41, 5.74) is 1.03. The fourth-order valence-electron chi connectivity index (χ4n) is 2.32. The molecule has 0 spiro atoms. The lowest BCUT2D eigenvalue weighted by Gasteiger charge is -2.23. The molecule has 1 N–H and O–H groups in total. The summed E-state index contributed by atoms with van der Waals surface area (Å²) in [7, 11) is 0. The fraction of sp³-hybridized carbons (Fsp3) is 0.300. The quantitative estimate of drug-likeness (QED) is 0.902. The molecule has 0 aliphatic heterocycles. The largest absolute Gasteiger partial charge is 0.444 e. The molecule has 2 rings (SSSR count). The van der Waals surface area contributed by atoms with Gasteiger partial charge >= 0.3 is 6.09 Å². The highest BCUT2D eigenvalue weighted by Crippen LogP contribution is 2.18. The van der Waals surface area contributed by atoms with Gasteiger partial charge in [0.1, 0.15) is 11.6 Å². The number of carbonyl (C=O) groups excluding carboxylic acids is 2. The van der Waals surface area contributed by atoms with Gasteiger partial charge in [0.05, 0.1) is 0 Å². The highest BCUT2D eigenvalue weighted by molar-refractivity contribution is 5.90. The van der Waals surface area contributed by atoms with Gasteiger partial charge in [-0.1, -0.05) is 60.7 Å². The third-order valence-electron chi connectivity index (χ3n) is 3.34. The Bertz CT molecular complexity index is 675. The summed E-state index contributed by atoms with van der Waals surface area (Å²) in [6.45, 7) is 5.36. The van der Waals surface area contributed by atoms with Crippen LogP contribution in [-0.4, -0.2) is 17.5 Å². The molecule has 0 fully saturated rings. The number of alkyl carbamates (subject to hydrolysis) is 1. The van der Waals surface area contributed by atoms with Crippen LogP contribution in [-0.2, 0) is 16.0 Å². The summed E-state index contributed by atoms with van der Waals surface area (Å²) in [5, 5.41) is 2.70. The molecular formula is C20H23NO3. The first-order chi connectivity index (χ1) is 11.3. The van der Waals surface area contributed by atoms with E-state index in [1.54, 1.807) is 20.8 Å². The summed E-state index contributed by atoms with van der Waals surface area (Å²) in [5.74, 6) is -0.0849. The molecule has 0 aliphatic carbocycles. The molecule has 2 aromatic rings. The van der Waals surface area contributed by atoms with Crippen molar-refractivity contribution in [3.8, 4) is 0 Å². The zero-order valence-corrected chi connectivity index (χ0v) is 14.3. The molecule has 0 radical (unpaired) electrons. The lowest BCUT2D eigenvalue weighted by molar-refractivity contribution is -0.120. The van der Waals surface area contributed by atoms with Gasteiger partial charge in [-0.3, -0.25) is 4.79 Å². The van der Waals surface area contributed by atoms with E-state index < -0.39 is 17.7 Å². The molecule has 0 unspecified atom stereocenters. The van der Waals surface area contributed by atoms with E-state index in [9.17, 15) is 9.59 Å². The Balaban J connectivity index is 2.17. The Kier molecular flexibility index (Phi) is 5.74. The molecule has 0 heterocycles. The number of nitrogens with one attached hydrogen (secondary N) is 1. The van der Waals surface area contributed by atoms with Crippen LogP contribution in [0.4, 0.5) is 4.79 Å². The van der Waals surface area contributed by atoms with Crippen LogP contribution in [0.5, 0.6) is 0 Å². The minimum atomic E-state index is -0.735. The Labute approximate surface area is 142 Å². The van der Waals surface area contributed by atoms with E-state index in [1.807, 2.05) is 60.7 Å². The number of ether oxygens (including phenoxy) is 1. The van der Waals surface area contributed by atoms with Gasteiger partial charge in [-0.15, -0.1) is 0 Å². The molecule has 1 amide bonds. The van der Waals surface area contributed by atoms with Gasteiger partial charge in [0.25, 0.3) is 0 Å². The molecule has 126 valence electrons. The maximum absolute atomic E-state index is 12.7. The second-order valence-corrected chi connectivity index (χ2v) is 6.62. The fourth-order valence-corrected chi connectivity index (χ4v) is 2.32. The van der Waals surface area contributed by atoms with E-state index in [1.165, 1.54) is 0 Å². The van der Waals surface area contributed by atoms with Crippen LogP contribution in [0.1, 0.15) is 37.9 Å². The van der Waals surface area contributed by atoms with Gasteiger partial charge in [0.2, 0.25) is 0 Å². The highest BCUT2D eigenvalue weighted by Gasteiger charge is 2.25. The number of benzene rings is 2. The Morgan fingerprint density at radius 3 is 2.04 bits per heavy atom. The summed E-state index contributed by atoms with van der Waals surface area (Å²) >= 11 is 0. The standard InChI is InChI=1S/C20H23NO3/c1-20(2,3)24-19(23)21-18(16-12-8-5-9-13-16)17(22)14-15-10-6-4-7-11-15/h4-13,18H,14H2,1-3H3,(H,21,23)/t18-/m1/s1. The predicted molar refractivity (Wildman–Crippen MR) is 93.7 cm³/mol. The molecule has 0 aliphatic rings. The van der Waals surface area contributed by atoms with Crippen molar-refractivity contribution < 1.29 is 14.3 Å². The van der Waals surface area contributed by atoms with Gasteiger partial charge in [-0.05, 0) is 31.9 Å². The Hall–Kier alpha value is -2.62. The van der Waals surface area contributed by atoms with E-state index in [2.05, 4.69) is 5.32 Å². The number of carbonyl (C=O) groups is 2. The minimum absolute atomic E-state index is 0.0849. The van der Waals surface area contributed by atoms with E-state index in [0.29, 0.717) is 0 Å². The van der Waals surface area contributed by atoms with Crippen molar-refractivity contribution in [3.05, 3.63) is 71.8 Å². The van der Waals surface area contributed by atoms with Crippen molar-refractivity contribution in [3.63, 3.8) is 0 Å². The normalized spacial score (nSPS) is 12.3. The highest BCUT2D eigenvalue weighted by atomic mass is 16.6. The van der Waals surface area contributed by atoms with Crippen molar-refractivity contribution in [2.45, 2.75) is 38.8 Å². The zero-order valence-electron chi connectivity index (χ0n) is 14.3. The van der Waals surface area contributed by atoms with Crippen LogP contribution in [0.3, 0.4) is 0 Å². The molecule has 0 aromatic heterocycles. The van der Waals surface area contributed by atoms with Crippen LogP contribution in [0.15, 0.2) is 60.7 Å². The van der Waals surface area contributed by atoms with E-state index in [0.717, 1.165) is 11.1 Å². The van der Waals surface area contributed by atoms with Crippen LogP contribution in [0.25, 0.3) is 0 Å². The Morgan fingerprint density at radius 2 is 1.50 bits per heavy atom. The molecule has 0 bridgehead atoms. The van der Waals surface area contributed by atoms with Crippen molar-refractivity contribution >= 4 is 11.9 Å². The van der Waals surface area contributed by atoms with E-state index in [-0.39, 0.29) is 12.2 Å². The summed E-state index contributed by atoms with van der Waals surface area (Å²) in [6.07, 6.45) is -0.353. The first-order valence-electron chi connectivity index (χ1n) is 7.96. The average molecular weight is 325 g/mol. The summed E-state index contributed by atoms with van der Waals surface area (Å²) < 4.78 is 5.29. The van der Waals surface area contributed by atoms with Gasteiger partial charge < -0.3 is 10.1 Å². The van der Waals surface area contributed by atoms with E-state index in [4.69, 9.17) is 4.74 Å². The second-order valence-electron chi connectivity index (χ2n) is 6.62. The molecule has 2 aromatic carbocycles. The maximum Gasteiger partial charge on any atom is 0.408 e. The number of amides is 1. The lowest BCUT2D eigenvalue weighted by Crippen LogP contribution is -2.38. The number of ketones is 1. The number of hydrogen-bond donors (Lipinski definition) is 1. The van der Waals surface area contributed by atoms with Crippen molar-refractivity contribution in [2.75, 3.05) is 0 Å². The van der Waals surface area contributed by atoms with Gasteiger partial charge in [0, 0.05) is 6.42 Å². The monoisotopic (exact) mass is 325 g/mol. The number of rotatable bonds is 5. The van der Waals surface area contributed by atoms with Gasteiger partial charge in [-0.2, -0.15) is 0 Å².